The lowest BCUT2D eigenvalue weighted by atomic mass is 9.73. The summed E-state index contributed by atoms with van der Waals surface area (Å²) in [6.07, 6.45) is 7.84. The first-order valence-electron chi connectivity index (χ1n) is 11.0. The van der Waals surface area contributed by atoms with Gasteiger partial charge in [0.2, 0.25) is 5.89 Å². The lowest BCUT2D eigenvalue weighted by Crippen LogP contribution is -2.47. The molecule has 1 aromatic carbocycles. The summed E-state index contributed by atoms with van der Waals surface area (Å²) in [5, 5.41) is 9.64. The van der Waals surface area contributed by atoms with E-state index in [0.717, 1.165) is 28.5 Å². The molecule has 0 amide bonds. The van der Waals surface area contributed by atoms with Crippen LogP contribution in [0.25, 0.3) is 22.4 Å². The molecule has 2 aliphatic rings. The third kappa shape index (κ3) is 3.33. The molecule has 1 aliphatic heterocycles. The van der Waals surface area contributed by atoms with Crippen LogP contribution in [0.3, 0.4) is 0 Å². The van der Waals surface area contributed by atoms with Crippen LogP contribution in [0.2, 0.25) is 0 Å². The molecular formula is C24H24BrN5O2. The van der Waals surface area contributed by atoms with Crippen LogP contribution >= 0.6 is 15.9 Å². The quantitative estimate of drug-likeness (QED) is 0.418. The van der Waals surface area contributed by atoms with Crippen molar-refractivity contribution in [3.05, 3.63) is 64.3 Å². The molecule has 0 unspecified atom stereocenters. The fraction of sp³-hybridized carbons (Fsp3) is 0.375. The van der Waals surface area contributed by atoms with E-state index in [1.54, 1.807) is 12.4 Å². The Morgan fingerprint density at radius 1 is 1.25 bits per heavy atom. The monoisotopic (exact) mass is 493 g/mol. The van der Waals surface area contributed by atoms with Crippen LogP contribution in [-0.4, -0.2) is 44.4 Å². The first kappa shape index (κ1) is 19.9. The van der Waals surface area contributed by atoms with Crippen molar-refractivity contribution in [1.29, 1.82) is 0 Å². The molecule has 0 bridgehead atoms. The molecule has 0 N–H and O–H groups in total. The minimum Gasteiger partial charge on any atom is -0.417 e. The number of fused-ring (bicyclic) bond motifs is 2. The number of rotatable bonds is 4. The second-order valence-electron chi connectivity index (χ2n) is 9.05. The first-order valence-corrected chi connectivity index (χ1v) is 11.8. The number of likely N-dealkylation sites (tertiary alicyclic amines) is 1. The Bertz CT molecular complexity index is 1300. The first-order chi connectivity index (χ1) is 15.6. The zero-order valence-electron chi connectivity index (χ0n) is 18.0. The van der Waals surface area contributed by atoms with E-state index in [1.807, 2.05) is 10.8 Å². The highest BCUT2D eigenvalue weighted by atomic mass is 79.9. The zero-order chi connectivity index (χ0) is 21.8. The summed E-state index contributed by atoms with van der Waals surface area (Å²) in [6, 6.07) is 9.02. The van der Waals surface area contributed by atoms with Gasteiger partial charge in [-0.15, -0.1) is 10.2 Å². The Balaban J connectivity index is 1.28. The molecule has 32 heavy (non-hydrogen) atoms. The minimum absolute atomic E-state index is 0.200. The highest BCUT2D eigenvalue weighted by Gasteiger charge is 2.38. The molecule has 0 saturated carbocycles. The van der Waals surface area contributed by atoms with E-state index < -0.39 is 0 Å². The van der Waals surface area contributed by atoms with Crippen LogP contribution in [0.5, 0.6) is 0 Å². The van der Waals surface area contributed by atoms with Gasteiger partial charge in [-0.2, -0.15) is 4.73 Å². The van der Waals surface area contributed by atoms with Crippen LogP contribution in [0, 0.1) is 5.92 Å². The van der Waals surface area contributed by atoms with Gasteiger partial charge in [0.05, 0.1) is 11.1 Å². The van der Waals surface area contributed by atoms with Crippen molar-refractivity contribution in [2.24, 2.45) is 5.92 Å². The van der Waals surface area contributed by atoms with Crippen LogP contribution in [0.4, 0.5) is 0 Å². The number of likely N-dealkylation sites (N-methyl/N-ethyl adjacent to an activating group) is 1. The topological polar surface area (TPSA) is 69.2 Å². The van der Waals surface area contributed by atoms with E-state index in [2.05, 4.69) is 74.4 Å². The van der Waals surface area contributed by atoms with Gasteiger partial charge >= 0.3 is 0 Å². The molecule has 0 spiro atoms. The number of pyridine rings is 1. The Morgan fingerprint density at radius 2 is 2.16 bits per heavy atom. The zero-order valence-corrected chi connectivity index (χ0v) is 19.6. The van der Waals surface area contributed by atoms with Crippen molar-refractivity contribution in [3.8, 4) is 11.5 Å². The number of benzene rings is 1. The van der Waals surface area contributed by atoms with Crippen molar-refractivity contribution in [2.75, 3.05) is 13.6 Å². The smallest absolute Gasteiger partial charge is 0.256 e. The van der Waals surface area contributed by atoms with Gasteiger partial charge in [-0.05, 0) is 65.0 Å². The molecular weight excluding hydrogens is 470 g/mol. The largest absolute Gasteiger partial charge is 0.417 e. The molecule has 8 heteroatoms. The van der Waals surface area contributed by atoms with Crippen LogP contribution < -0.4 is 4.84 Å². The van der Waals surface area contributed by atoms with E-state index in [1.165, 1.54) is 22.9 Å². The third-order valence-electron chi connectivity index (χ3n) is 6.77. The van der Waals surface area contributed by atoms with Crippen molar-refractivity contribution < 1.29 is 9.25 Å². The van der Waals surface area contributed by atoms with Gasteiger partial charge in [0, 0.05) is 47.0 Å². The molecule has 3 atom stereocenters. The number of halogens is 1. The van der Waals surface area contributed by atoms with E-state index >= 15 is 0 Å². The lowest BCUT2D eigenvalue weighted by molar-refractivity contribution is 0.0906. The van der Waals surface area contributed by atoms with E-state index in [-0.39, 0.29) is 6.61 Å². The standard InChI is InChI=1S/C24H24BrN5O2/c1-14-6-19-18-4-3-5-20-23(18)16(8-21(19)29(2)11-14)12-30(20)31-13-22-27-28-24(32-22)15-7-17(25)10-26-9-15/h3-5,7,9-10,12,14,19,21H,6,8,11,13H2,1-2H3/t14-,19-,21-/m1/s1. The molecule has 1 aliphatic carbocycles. The average Bonchev–Trinajstić information content (AvgIpc) is 3.39. The predicted octanol–water partition coefficient (Wildman–Crippen LogP) is 4.46. The molecule has 3 aromatic heterocycles. The summed E-state index contributed by atoms with van der Waals surface area (Å²) in [5.74, 6) is 2.14. The number of hydrogen-bond acceptors (Lipinski definition) is 6. The molecule has 0 radical (unpaired) electrons. The van der Waals surface area contributed by atoms with Gasteiger partial charge in [-0.3, -0.25) is 4.98 Å². The average molecular weight is 494 g/mol. The molecule has 4 aromatic rings. The van der Waals surface area contributed by atoms with Gasteiger partial charge in [0.1, 0.15) is 0 Å². The normalized spacial score (nSPS) is 22.8. The molecule has 164 valence electrons. The molecule has 6 rings (SSSR count). The Kier molecular flexibility index (Phi) is 4.80. The van der Waals surface area contributed by atoms with Gasteiger partial charge in [0.15, 0.2) is 6.61 Å². The van der Waals surface area contributed by atoms with Crippen molar-refractivity contribution in [1.82, 2.24) is 24.8 Å². The number of hydrogen-bond donors (Lipinski definition) is 0. The van der Waals surface area contributed by atoms with Crippen LogP contribution in [0.1, 0.15) is 36.3 Å². The van der Waals surface area contributed by atoms with Gasteiger partial charge in [0.25, 0.3) is 5.89 Å². The molecule has 1 saturated heterocycles. The van der Waals surface area contributed by atoms with Crippen molar-refractivity contribution in [2.45, 2.75) is 38.3 Å². The summed E-state index contributed by atoms with van der Waals surface area (Å²) in [4.78, 5) is 12.8. The van der Waals surface area contributed by atoms with E-state index in [9.17, 15) is 0 Å². The highest BCUT2D eigenvalue weighted by Crippen LogP contribution is 2.44. The Morgan fingerprint density at radius 3 is 3.03 bits per heavy atom. The maximum atomic E-state index is 6.13. The van der Waals surface area contributed by atoms with E-state index in [4.69, 9.17) is 9.25 Å². The van der Waals surface area contributed by atoms with Crippen molar-refractivity contribution >= 4 is 26.8 Å². The Labute approximate surface area is 194 Å². The lowest BCUT2D eigenvalue weighted by Gasteiger charge is -2.44. The molecule has 1 fully saturated rings. The number of aromatic nitrogens is 4. The second-order valence-corrected chi connectivity index (χ2v) is 9.96. The summed E-state index contributed by atoms with van der Waals surface area (Å²) >= 11 is 3.42. The maximum absolute atomic E-state index is 6.13. The maximum Gasteiger partial charge on any atom is 0.256 e. The molecule has 7 nitrogen and oxygen atoms in total. The third-order valence-corrected chi connectivity index (χ3v) is 7.20. The van der Waals surface area contributed by atoms with Gasteiger partial charge in [-0.1, -0.05) is 19.1 Å². The fourth-order valence-corrected chi connectivity index (χ4v) is 5.84. The predicted molar refractivity (Wildman–Crippen MR) is 124 cm³/mol. The number of piperidine rings is 1. The number of nitrogens with zero attached hydrogens (tertiary/aromatic N) is 5. The minimum atomic E-state index is 0.200. The summed E-state index contributed by atoms with van der Waals surface area (Å²) in [5.41, 5.74) is 4.68. The summed E-state index contributed by atoms with van der Waals surface area (Å²) < 4.78 is 8.54. The summed E-state index contributed by atoms with van der Waals surface area (Å²) in [6.45, 7) is 3.72. The van der Waals surface area contributed by atoms with E-state index in [0.29, 0.717) is 29.7 Å². The summed E-state index contributed by atoms with van der Waals surface area (Å²) in [7, 11) is 2.26. The van der Waals surface area contributed by atoms with Gasteiger partial charge in [-0.25, -0.2) is 0 Å². The second kappa shape index (κ2) is 7.71. The Hall–Kier alpha value is -2.71. The van der Waals surface area contributed by atoms with Gasteiger partial charge < -0.3 is 14.2 Å². The SMILES string of the molecule is C[C@@H]1C[C@@H]2c3cccc4c3c(cn4OCc3nnc(-c4cncc(Br)c4)o3)C[C@H]2N(C)C1. The van der Waals surface area contributed by atoms with Crippen molar-refractivity contribution in [3.63, 3.8) is 0 Å². The van der Waals surface area contributed by atoms with Crippen LogP contribution in [0.15, 0.2) is 51.7 Å². The van der Waals surface area contributed by atoms with Crippen LogP contribution in [-0.2, 0) is 13.0 Å². The highest BCUT2D eigenvalue weighted by molar-refractivity contribution is 9.10. The molecule has 4 heterocycles. The fourth-order valence-electron chi connectivity index (χ4n) is 5.48.